The number of hydrogen-bond acceptors (Lipinski definition) is 3. The normalized spacial score (nSPS) is 29.8. The van der Waals surface area contributed by atoms with E-state index in [0.717, 1.165) is 13.1 Å². The molecule has 1 saturated heterocycles. The highest BCUT2D eigenvalue weighted by atomic mass is 16.1. The maximum atomic E-state index is 10.2. The van der Waals surface area contributed by atoms with E-state index in [-0.39, 0.29) is 12.1 Å². The fourth-order valence-electron chi connectivity index (χ4n) is 1.51. The molecule has 1 aliphatic rings. The predicted octanol–water partition coefficient (Wildman–Crippen LogP) is -1.84. The van der Waals surface area contributed by atoms with Gasteiger partial charge in [-0.05, 0) is 7.05 Å². The maximum absolute atomic E-state index is 10.2. The van der Waals surface area contributed by atoms with Crippen LogP contribution in [0.4, 0.5) is 0 Å². The third kappa shape index (κ3) is 1.94. The van der Waals surface area contributed by atoms with Crippen molar-refractivity contribution >= 4 is 12.8 Å². The lowest BCUT2D eigenvalue weighted by Crippen LogP contribution is -2.46. The molecule has 0 aromatic heterocycles. The Morgan fingerprint density at radius 2 is 1.58 bits per heavy atom. The number of carbonyl (C=O) groups is 2. The van der Waals surface area contributed by atoms with Gasteiger partial charge >= 0.3 is 0 Å². The molecule has 1 heterocycles. The van der Waals surface area contributed by atoms with Crippen molar-refractivity contribution in [3.8, 4) is 0 Å². The topological polar surface area (TPSA) is 61.4 Å². The minimum absolute atomic E-state index is 0.0395. The quantitative estimate of drug-likeness (QED) is 0.489. The Morgan fingerprint density at radius 3 is 1.92 bits per heavy atom. The predicted molar refractivity (Wildman–Crippen MR) is 43.5 cm³/mol. The van der Waals surface area contributed by atoms with Crippen molar-refractivity contribution in [2.45, 2.75) is 12.1 Å². The lowest BCUT2D eigenvalue weighted by molar-refractivity contribution is -0.112. The molecular weight excluding hydrogens is 158 g/mol. The lowest BCUT2D eigenvalue weighted by atomic mass is 10.2. The first-order chi connectivity index (χ1) is 5.77. The van der Waals surface area contributed by atoms with E-state index >= 15 is 0 Å². The van der Waals surface area contributed by atoms with Gasteiger partial charge in [-0.2, -0.15) is 0 Å². The Bertz CT molecular complexity index is 156. The van der Waals surface area contributed by atoms with Crippen LogP contribution in [0.5, 0.6) is 0 Å². The number of amides is 2. The van der Waals surface area contributed by atoms with Crippen molar-refractivity contribution in [1.82, 2.24) is 15.5 Å². The van der Waals surface area contributed by atoms with Gasteiger partial charge in [0.15, 0.2) is 0 Å². The molecular formula is C7H13N3O2. The van der Waals surface area contributed by atoms with Gasteiger partial charge in [-0.25, -0.2) is 0 Å². The van der Waals surface area contributed by atoms with Crippen LogP contribution in [0.25, 0.3) is 0 Å². The summed E-state index contributed by atoms with van der Waals surface area (Å²) in [6.45, 7) is 1.56. The van der Waals surface area contributed by atoms with Crippen LogP contribution in [0, 0.1) is 0 Å². The molecule has 1 aliphatic heterocycles. The van der Waals surface area contributed by atoms with Gasteiger partial charge in [-0.1, -0.05) is 0 Å². The summed E-state index contributed by atoms with van der Waals surface area (Å²) < 4.78 is 0. The molecule has 2 amide bonds. The standard InChI is InChI=1S/C7H13N3O2/c1-10-2-6(8-4-11)7(3-10)9-5-12/h4-7H,2-3H2,1H3,(H,8,11)(H,9,12). The van der Waals surface area contributed by atoms with E-state index in [0.29, 0.717) is 12.8 Å². The lowest BCUT2D eigenvalue weighted by Gasteiger charge is -2.15. The first kappa shape index (κ1) is 8.99. The highest BCUT2D eigenvalue weighted by Gasteiger charge is 2.29. The number of rotatable bonds is 4. The van der Waals surface area contributed by atoms with Crippen molar-refractivity contribution in [3.63, 3.8) is 0 Å². The molecule has 0 saturated carbocycles. The number of likely N-dealkylation sites (tertiary alicyclic amines) is 1. The molecule has 5 nitrogen and oxygen atoms in total. The molecule has 1 fully saturated rings. The van der Waals surface area contributed by atoms with Gasteiger partial charge in [0, 0.05) is 13.1 Å². The number of hydrogen-bond donors (Lipinski definition) is 2. The zero-order valence-corrected chi connectivity index (χ0v) is 6.99. The largest absolute Gasteiger partial charge is 0.353 e. The molecule has 5 heteroatoms. The van der Waals surface area contributed by atoms with Crippen LogP contribution in [0.2, 0.25) is 0 Å². The first-order valence-electron chi connectivity index (χ1n) is 3.86. The minimum Gasteiger partial charge on any atom is -0.353 e. The third-order valence-corrected chi connectivity index (χ3v) is 2.07. The second-order valence-corrected chi connectivity index (χ2v) is 3.00. The highest BCUT2D eigenvalue weighted by Crippen LogP contribution is 2.06. The fourth-order valence-corrected chi connectivity index (χ4v) is 1.51. The molecule has 0 radical (unpaired) electrons. The molecule has 2 N–H and O–H groups in total. The molecule has 0 aromatic rings. The van der Waals surface area contributed by atoms with Gasteiger partial charge < -0.3 is 15.5 Å². The summed E-state index contributed by atoms with van der Waals surface area (Å²) in [5.41, 5.74) is 0. The monoisotopic (exact) mass is 171 g/mol. The van der Waals surface area contributed by atoms with E-state index in [9.17, 15) is 9.59 Å². The first-order valence-corrected chi connectivity index (χ1v) is 3.86. The van der Waals surface area contributed by atoms with Crippen LogP contribution >= 0.6 is 0 Å². The summed E-state index contributed by atoms with van der Waals surface area (Å²) in [5.74, 6) is 0. The second kappa shape index (κ2) is 4.06. The number of carbonyl (C=O) groups excluding carboxylic acids is 2. The molecule has 0 aromatic carbocycles. The average Bonchev–Trinajstić information content (AvgIpc) is 2.33. The summed E-state index contributed by atoms with van der Waals surface area (Å²) in [5, 5.41) is 5.33. The van der Waals surface area contributed by atoms with Crippen LogP contribution in [0.1, 0.15) is 0 Å². The van der Waals surface area contributed by atoms with E-state index in [1.54, 1.807) is 0 Å². The van der Waals surface area contributed by atoms with Gasteiger partial charge in [0.1, 0.15) is 0 Å². The van der Waals surface area contributed by atoms with Crippen LogP contribution in [-0.4, -0.2) is 49.9 Å². The SMILES string of the molecule is CN1CC(NC=O)C(NC=O)C1. The Kier molecular flexibility index (Phi) is 3.04. The Labute approximate surface area is 71.1 Å². The molecule has 68 valence electrons. The molecule has 1 rings (SSSR count). The van der Waals surface area contributed by atoms with Crippen LogP contribution < -0.4 is 10.6 Å². The average molecular weight is 171 g/mol. The Balaban J connectivity index is 2.46. The van der Waals surface area contributed by atoms with Crippen molar-refractivity contribution in [2.24, 2.45) is 0 Å². The van der Waals surface area contributed by atoms with Gasteiger partial charge in [-0.3, -0.25) is 9.59 Å². The van der Waals surface area contributed by atoms with Gasteiger partial charge in [0.25, 0.3) is 0 Å². The summed E-state index contributed by atoms with van der Waals surface area (Å²) in [4.78, 5) is 22.4. The molecule has 2 unspecified atom stereocenters. The second-order valence-electron chi connectivity index (χ2n) is 3.00. The number of likely N-dealkylation sites (N-methyl/N-ethyl adjacent to an activating group) is 1. The minimum atomic E-state index is 0.0395. The number of nitrogens with one attached hydrogen (secondary N) is 2. The van der Waals surface area contributed by atoms with Crippen LogP contribution in [0.3, 0.4) is 0 Å². The number of nitrogens with zero attached hydrogens (tertiary/aromatic N) is 1. The van der Waals surface area contributed by atoms with Crippen molar-refractivity contribution < 1.29 is 9.59 Å². The zero-order valence-electron chi connectivity index (χ0n) is 6.99. The highest BCUT2D eigenvalue weighted by molar-refractivity contribution is 5.50. The van der Waals surface area contributed by atoms with Gasteiger partial charge in [0.05, 0.1) is 12.1 Å². The molecule has 0 spiro atoms. The van der Waals surface area contributed by atoms with Gasteiger partial charge in [0.2, 0.25) is 12.8 Å². The third-order valence-electron chi connectivity index (χ3n) is 2.07. The molecule has 12 heavy (non-hydrogen) atoms. The van der Waals surface area contributed by atoms with E-state index < -0.39 is 0 Å². The molecule has 2 atom stereocenters. The van der Waals surface area contributed by atoms with Gasteiger partial charge in [-0.15, -0.1) is 0 Å². The van der Waals surface area contributed by atoms with E-state index in [1.165, 1.54) is 0 Å². The zero-order chi connectivity index (χ0) is 8.97. The maximum Gasteiger partial charge on any atom is 0.207 e. The van der Waals surface area contributed by atoms with Crippen molar-refractivity contribution in [3.05, 3.63) is 0 Å². The smallest absolute Gasteiger partial charge is 0.207 e. The molecule has 0 bridgehead atoms. The Morgan fingerprint density at radius 1 is 1.17 bits per heavy atom. The fraction of sp³-hybridized carbons (Fsp3) is 0.714. The van der Waals surface area contributed by atoms with Crippen LogP contribution in [-0.2, 0) is 9.59 Å². The molecule has 0 aliphatic carbocycles. The van der Waals surface area contributed by atoms with Crippen LogP contribution in [0.15, 0.2) is 0 Å². The van der Waals surface area contributed by atoms with Crippen molar-refractivity contribution in [1.29, 1.82) is 0 Å². The summed E-state index contributed by atoms with van der Waals surface area (Å²) in [6.07, 6.45) is 1.34. The van der Waals surface area contributed by atoms with E-state index in [1.807, 2.05) is 7.05 Å². The van der Waals surface area contributed by atoms with E-state index in [2.05, 4.69) is 15.5 Å². The summed E-state index contributed by atoms with van der Waals surface area (Å²) in [7, 11) is 1.95. The Hall–Kier alpha value is -1.10. The summed E-state index contributed by atoms with van der Waals surface area (Å²) >= 11 is 0. The summed E-state index contributed by atoms with van der Waals surface area (Å²) in [6, 6.07) is 0.0791. The van der Waals surface area contributed by atoms with Crippen molar-refractivity contribution in [2.75, 3.05) is 20.1 Å². The van der Waals surface area contributed by atoms with E-state index in [4.69, 9.17) is 0 Å².